The smallest absolute Gasteiger partial charge is 0.411 e. The zero-order valence-corrected chi connectivity index (χ0v) is 22.0. The predicted octanol–water partition coefficient (Wildman–Crippen LogP) is 5.06. The van der Waals surface area contributed by atoms with Crippen LogP contribution in [0.3, 0.4) is 0 Å². The van der Waals surface area contributed by atoms with E-state index in [4.69, 9.17) is 9.47 Å². The van der Waals surface area contributed by atoms with Gasteiger partial charge in [-0.3, -0.25) is 10.1 Å². The standard InChI is InChI=1S/C30H31N3O4.ClH/c34-28(33-17-18-37-30(20-33)13-15-31-16-14-30)25-11-5-6-12-27(25)32-29(35)36-19-26-23-9-3-1-7-21(23)22-8-2-4-10-24(22)26;/h1-12,26,31H,13-20H2,(H,32,35);1H. The van der Waals surface area contributed by atoms with Crippen LogP contribution in [-0.2, 0) is 9.47 Å². The molecular weight excluding hydrogens is 502 g/mol. The summed E-state index contributed by atoms with van der Waals surface area (Å²) < 4.78 is 11.8. The van der Waals surface area contributed by atoms with Gasteiger partial charge in [0.1, 0.15) is 6.61 Å². The molecule has 2 heterocycles. The summed E-state index contributed by atoms with van der Waals surface area (Å²) in [7, 11) is 0. The molecule has 2 N–H and O–H groups in total. The summed E-state index contributed by atoms with van der Waals surface area (Å²) in [4.78, 5) is 28.3. The van der Waals surface area contributed by atoms with Crippen LogP contribution in [0.25, 0.3) is 11.1 Å². The van der Waals surface area contributed by atoms with E-state index in [9.17, 15) is 9.59 Å². The van der Waals surface area contributed by atoms with Gasteiger partial charge in [-0.25, -0.2) is 4.79 Å². The van der Waals surface area contributed by atoms with Crippen LogP contribution in [0.4, 0.5) is 10.5 Å². The summed E-state index contributed by atoms with van der Waals surface area (Å²) in [6.07, 6.45) is 1.20. The third-order valence-corrected chi connectivity index (χ3v) is 7.79. The van der Waals surface area contributed by atoms with E-state index >= 15 is 0 Å². The van der Waals surface area contributed by atoms with Crippen molar-refractivity contribution in [1.29, 1.82) is 0 Å². The molecule has 0 unspecified atom stereocenters. The summed E-state index contributed by atoms with van der Waals surface area (Å²) in [6, 6.07) is 23.6. The first-order valence-corrected chi connectivity index (χ1v) is 13.0. The Bertz CT molecular complexity index is 1270. The molecule has 1 spiro atoms. The number of halogens is 1. The maximum absolute atomic E-state index is 13.5. The van der Waals surface area contributed by atoms with Crippen molar-refractivity contribution in [3.63, 3.8) is 0 Å². The molecule has 7 nitrogen and oxygen atoms in total. The Labute approximate surface area is 228 Å². The van der Waals surface area contributed by atoms with Crippen LogP contribution in [0.2, 0.25) is 0 Å². The Hall–Kier alpha value is -3.39. The Morgan fingerprint density at radius 1 is 0.947 bits per heavy atom. The highest BCUT2D eigenvalue weighted by atomic mass is 35.5. The molecule has 2 aliphatic heterocycles. The minimum atomic E-state index is -0.570. The van der Waals surface area contributed by atoms with Crippen LogP contribution < -0.4 is 10.6 Å². The van der Waals surface area contributed by atoms with Gasteiger partial charge >= 0.3 is 6.09 Å². The average Bonchev–Trinajstić information content (AvgIpc) is 3.26. The molecule has 8 heteroatoms. The molecule has 198 valence electrons. The topological polar surface area (TPSA) is 79.9 Å². The summed E-state index contributed by atoms with van der Waals surface area (Å²) >= 11 is 0. The first kappa shape index (κ1) is 26.2. The van der Waals surface area contributed by atoms with E-state index in [0.29, 0.717) is 30.9 Å². The lowest BCUT2D eigenvalue weighted by molar-refractivity contribution is -0.114. The molecule has 3 aromatic rings. The second kappa shape index (κ2) is 11.2. The van der Waals surface area contributed by atoms with Gasteiger partial charge in [0.2, 0.25) is 0 Å². The van der Waals surface area contributed by atoms with Gasteiger partial charge in [0, 0.05) is 12.5 Å². The van der Waals surface area contributed by atoms with E-state index in [1.807, 2.05) is 41.3 Å². The lowest BCUT2D eigenvalue weighted by Crippen LogP contribution is -2.57. The average molecular weight is 534 g/mol. The number of anilines is 1. The fourth-order valence-electron chi connectivity index (χ4n) is 5.90. The Kier molecular flexibility index (Phi) is 7.70. The van der Waals surface area contributed by atoms with Crippen LogP contribution >= 0.6 is 12.4 Å². The summed E-state index contributed by atoms with van der Waals surface area (Å²) in [5.74, 6) is -0.125. The number of benzene rings is 3. The zero-order chi connectivity index (χ0) is 25.2. The SMILES string of the molecule is Cl.O=C(Nc1ccccc1C(=O)N1CCOC2(CCNCC2)C1)OCC1c2ccccc2-c2ccccc21. The van der Waals surface area contributed by atoms with Gasteiger partial charge in [-0.05, 0) is 60.3 Å². The zero-order valence-electron chi connectivity index (χ0n) is 21.2. The number of nitrogens with one attached hydrogen (secondary N) is 2. The Balaban J connectivity index is 0.00000294. The van der Waals surface area contributed by atoms with Gasteiger partial charge in [0.25, 0.3) is 5.91 Å². The van der Waals surface area contributed by atoms with E-state index in [0.717, 1.165) is 37.1 Å². The number of hydrogen-bond donors (Lipinski definition) is 2. The molecule has 2 amide bonds. The second-order valence-electron chi connectivity index (χ2n) is 10.0. The molecule has 0 radical (unpaired) electrons. The number of fused-ring (bicyclic) bond motifs is 3. The van der Waals surface area contributed by atoms with Gasteiger partial charge in [-0.2, -0.15) is 0 Å². The van der Waals surface area contributed by atoms with E-state index in [1.165, 1.54) is 11.1 Å². The van der Waals surface area contributed by atoms with Crippen molar-refractivity contribution in [2.24, 2.45) is 0 Å². The molecule has 0 saturated carbocycles. The van der Waals surface area contributed by atoms with Gasteiger partial charge in [-0.15, -0.1) is 12.4 Å². The summed E-state index contributed by atoms with van der Waals surface area (Å²) in [5.41, 5.74) is 5.31. The number of piperidine rings is 1. The van der Waals surface area contributed by atoms with Crippen molar-refractivity contribution in [2.45, 2.75) is 24.4 Å². The Morgan fingerprint density at radius 3 is 2.29 bits per heavy atom. The number of hydrogen-bond acceptors (Lipinski definition) is 5. The molecule has 3 aliphatic rings. The fourth-order valence-corrected chi connectivity index (χ4v) is 5.90. The third-order valence-electron chi connectivity index (χ3n) is 7.79. The van der Waals surface area contributed by atoms with Crippen molar-refractivity contribution < 1.29 is 19.1 Å². The Morgan fingerprint density at radius 2 is 1.58 bits per heavy atom. The van der Waals surface area contributed by atoms with Crippen molar-refractivity contribution in [3.8, 4) is 11.1 Å². The highest BCUT2D eigenvalue weighted by molar-refractivity contribution is 6.02. The first-order chi connectivity index (χ1) is 18.1. The normalized spacial score (nSPS) is 17.7. The molecule has 0 aromatic heterocycles. The number of carbonyl (C=O) groups is 2. The number of carbonyl (C=O) groups excluding carboxylic acids is 2. The van der Waals surface area contributed by atoms with Crippen molar-refractivity contribution in [3.05, 3.63) is 89.5 Å². The number of morpholine rings is 1. The minimum absolute atomic E-state index is 0. The number of rotatable bonds is 4. The highest BCUT2D eigenvalue weighted by Crippen LogP contribution is 2.44. The van der Waals surface area contributed by atoms with Gasteiger partial charge < -0.3 is 19.7 Å². The number of para-hydroxylation sites is 1. The minimum Gasteiger partial charge on any atom is -0.448 e. The van der Waals surface area contributed by atoms with E-state index in [-0.39, 0.29) is 36.4 Å². The molecule has 2 saturated heterocycles. The maximum atomic E-state index is 13.5. The van der Waals surface area contributed by atoms with Gasteiger partial charge in [0.15, 0.2) is 0 Å². The molecular formula is C30H32ClN3O4. The lowest BCUT2D eigenvalue weighted by atomic mass is 9.90. The highest BCUT2D eigenvalue weighted by Gasteiger charge is 2.39. The van der Waals surface area contributed by atoms with E-state index in [1.54, 1.807) is 12.1 Å². The van der Waals surface area contributed by atoms with Crippen LogP contribution in [0, 0.1) is 0 Å². The summed E-state index contributed by atoms with van der Waals surface area (Å²) in [6.45, 7) is 3.62. The number of ether oxygens (including phenoxy) is 2. The second-order valence-corrected chi connectivity index (χ2v) is 10.0. The number of amides is 2. The van der Waals surface area contributed by atoms with Crippen molar-refractivity contribution >= 4 is 30.1 Å². The lowest BCUT2D eigenvalue weighted by Gasteiger charge is -2.45. The predicted molar refractivity (Wildman–Crippen MR) is 149 cm³/mol. The molecule has 3 aromatic carbocycles. The third kappa shape index (κ3) is 5.01. The molecule has 6 rings (SSSR count). The first-order valence-electron chi connectivity index (χ1n) is 13.0. The maximum Gasteiger partial charge on any atom is 0.411 e. The van der Waals surface area contributed by atoms with Gasteiger partial charge in [-0.1, -0.05) is 60.7 Å². The van der Waals surface area contributed by atoms with Crippen LogP contribution in [0.1, 0.15) is 40.2 Å². The van der Waals surface area contributed by atoms with Crippen molar-refractivity contribution in [1.82, 2.24) is 10.2 Å². The summed E-state index contributed by atoms with van der Waals surface area (Å²) in [5, 5.41) is 6.18. The van der Waals surface area contributed by atoms with Crippen LogP contribution in [0.5, 0.6) is 0 Å². The number of nitrogens with zero attached hydrogens (tertiary/aromatic N) is 1. The molecule has 1 aliphatic carbocycles. The molecule has 2 fully saturated rings. The monoisotopic (exact) mass is 533 g/mol. The molecule has 38 heavy (non-hydrogen) atoms. The molecule has 0 atom stereocenters. The largest absolute Gasteiger partial charge is 0.448 e. The van der Waals surface area contributed by atoms with Crippen LogP contribution in [-0.4, -0.2) is 61.9 Å². The fraction of sp³-hybridized carbons (Fsp3) is 0.333. The quantitative estimate of drug-likeness (QED) is 0.490. The van der Waals surface area contributed by atoms with E-state index in [2.05, 4.69) is 34.9 Å². The molecule has 0 bridgehead atoms. The van der Waals surface area contributed by atoms with Crippen LogP contribution in [0.15, 0.2) is 72.8 Å². The van der Waals surface area contributed by atoms with Gasteiger partial charge in [0.05, 0.1) is 30.0 Å². The van der Waals surface area contributed by atoms with E-state index < -0.39 is 6.09 Å². The van der Waals surface area contributed by atoms with Crippen molar-refractivity contribution in [2.75, 3.05) is 44.7 Å².